The first-order valence-corrected chi connectivity index (χ1v) is 7.40. The van der Waals surface area contributed by atoms with E-state index in [1.54, 1.807) is 0 Å². The van der Waals surface area contributed by atoms with Crippen LogP contribution in [0.5, 0.6) is 0 Å². The molecule has 2 aliphatic rings. The topological polar surface area (TPSA) is 26.7 Å². The molecule has 3 nitrogen and oxygen atoms in total. The number of likely N-dealkylation sites (N-methyl/N-ethyl adjacent to an activating group) is 1. The number of hydrogen-bond donors (Lipinski definition) is 1. The van der Waals surface area contributed by atoms with Gasteiger partial charge in [0.2, 0.25) is 0 Å². The quantitative estimate of drug-likeness (QED) is 0.884. The minimum absolute atomic E-state index is 0.394. The molecule has 1 aromatic rings. The highest BCUT2D eigenvalue weighted by Gasteiger charge is 2.35. The van der Waals surface area contributed by atoms with Crippen molar-refractivity contribution < 1.29 is 5.11 Å². The van der Waals surface area contributed by atoms with Crippen molar-refractivity contribution in [2.45, 2.75) is 44.4 Å². The number of rotatable bonds is 2. The van der Waals surface area contributed by atoms with E-state index in [0.717, 1.165) is 24.7 Å². The van der Waals surface area contributed by atoms with E-state index in [0.29, 0.717) is 6.04 Å². The van der Waals surface area contributed by atoms with Gasteiger partial charge in [-0.2, -0.15) is 0 Å². The van der Waals surface area contributed by atoms with Crippen LogP contribution in [0.25, 0.3) is 0 Å². The maximum atomic E-state index is 9.95. The molecule has 2 bridgehead atoms. The lowest BCUT2D eigenvalue weighted by atomic mass is 10.0. The van der Waals surface area contributed by atoms with Crippen LogP contribution in [0.2, 0.25) is 0 Å². The zero-order valence-electron chi connectivity index (χ0n) is 11.9. The number of aliphatic hydroxyl groups is 1. The SMILES string of the molecule is C[C@@H](O)c1ccccc1N1CCC2CCC(C1)N2C. The van der Waals surface area contributed by atoms with Crippen LogP contribution in [0, 0.1) is 0 Å². The highest BCUT2D eigenvalue weighted by molar-refractivity contribution is 5.55. The Kier molecular flexibility index (Phi) is 3.50. The Hall–Kier alpha value is -1.06. The summed E-state index contributed by atoms with van der Waals surface area (Å²) in [5.74, 6) is 0. The van der Waals surface area contributed by atoms with Crippen LogP contribution in [0.3, 0.4) is 0 Å². The maximum absolute atomic E-state index is 9.95. The van der Waals surface area contributed by atoms with E-state index in [2.05, 4.69) is 29.0 Å². The molecule has 3 heteroatoms. The fraction of sp³-hybridized carbons (Fsp3) is 0.625. The Morgan fingerprint density at radius 1 is 1.16 bits per heavy atom. The van der Waals surface area contributed by atoms with E-state index in [1.807, 2.05) is 19.1 Å². The number of benzene rings is 1. The monoisotopic (exact) mass is 260 g/mol. The molecule has 3 atom stereocenters. The molecule has 2 heterocycles. The Balaban J connectivity index is 1.87. The smallest absolute Gasteiger partial charge is 0.0781 e. The third-order valence-corrected chi connectivity index (χ3v) is 4.88. The van der Waals surface area contributed by atoms with Gasteiger partial charge in [-0.1, -0.05) is 18.2 Å². The van der Waals surface area contributed by atoms with Crippen LogP contribution in [-0.4, -0.2) is 42.2 Å². The second kappa shape index (κ2) is 5.14. The normalized spacial score (nSPS) is 29.3. The van der Waals surface area contributed by atoms with Gasteiger partial charge in [0.05, 0.1) is 6.10 Å². The van der Waals surface area contributed by atoms with Gasteiger partial charge in [-0.05, 0) is 39.3 Å². The summed E-state index contributed by atoms with van der Waals surface area (Å²) in [6, 6.07) is 9.73. The van der Waals surface area contributed by atoms with Gasteiger partial charge in [-0.25, -0.2) is 0 Å². The molecular weight excluding hydrogens is 236 g/mol. The molecule has 1 N–H and O–H groups in total. The van der Waals surface area contributed by atoms with Gasteiger partial charge in [-0.3, -0.25) is 4.90 Å². The van der Waals surface area contributed by atoms with E-state index < -0.39 is 6.10 Å². The first-order valence-electron chi connectivity index (χ1n) is 7.40. The van der Waals surface area contributed by atoms with Crippen LogP contribution in [-0.2, 0) is 0 Å². The highest BCUT2D eigenvalue weighted by Crippen LogP contribution is 2.33. The van der Waals surface area contributed by atoms with Gasteiger partial charge in [0.1, 0.15) is 0 Å². The summed E-state index contributed by atoms with van der Waals surface area (Å²) in [7, 11) is 2.27. The molecule has 104 valence electrons. The number of hydrogen-bond acceptors (Lipinski definition) is 3. The molecular formula is C16H24N2O. The first-order chi connectivity index (χ1) is 9.16. The fourth-order valence-electron chi connectivity index (χ4n) is 3.66. The zero-order chi connectivity index (χ0) is 13.4. The standard InChI is InChI=1S/C16H24N2O/c1-12(19)15-5-3-4-6-16(15)18-10-9-13-7-8-14(11-18)17(13)2/h3-6,12-14,19H,7-11H2,1-2H3/t12-,13?,14?/m1/s1. The molecule has 2 aliphatic heterocycles. The molecule has 2 unspecified atom stereocenters. The number of para-hydroxylation sites is 1. The third-order valence-electron chi connectivity index (χ3n) is 4.88. The molecule has 3 rings (SSSR count). The van der Waals surface area contributed by atoms with Crippen molar-refractivity contribution in [2.75, 3.05) is 25.0 Å². The Morgan fingerprint density at radius 2 is 1.89 bits per heavy atom. The van der Waals surface area contributed by atoms with Gasteiger partial charge in [-0.15, -0.1) is 0 Å². The van der Waals surface area contributed by atoms with Gasteiger partial charge >= 0.3 is 0 Å². The molecule has 0 aromatic heterocycles. The molecule has 0 radical (unpaired) electrons. The van der Waals surface area contributed by atoms with Gasteiger partial charge < -0.3 is 10.0 Å². The van der Waals surface area contributed by atoms with Crippen LogP contribution in [0.15, 0.2) is 24.3 Å². The van der Waals surface area contributed by atoms with Crippen LogP contribution < -0.4 is 4.90 Å². The highest BCUT2D eigenvalue weighted by atomic mass is 16.3. The Labute approximate surface area is 115 Å². The summed E-state index contributed by atoms with van der Waals surface area (Å²) >= 11 is 0. The van der Waals surface area contributed by atoms with E-state index in [4.69, 9.17) is 0 Å². The van der Waals surface area contributed by atoms with Crippen molar-refractivity contribution in [1.82, 2.24) is 4.90 Å². The van der Waals surface area contributed by atoms with Crippen molar-refractivity contribution in [2.24, 2.45) is 0 Å². The average molecular weight is 260 g/mol. The van der Waals surface area contributed by atoms with Crippen LogP contribution >= 0.6 is 0 Å². The van der Waals surface area contributed by atoms with Crippen molar-refractivity contribution in [3.63, 3.8) is 0 Å². The molecule has 0 amide bonds. The molecule has 2 saturated heterocycles. The molecule has 0 aliphatic carbocycles. The second-order valence-corrected chi connectivity index (χ2v) is 6.02. The van der Waals surface area contributed by atoms with Gasteiger partial charge in [0.25, 0.3) is 0 Å². The molecule has 2 fully saturated rings. The number of fused-ring (bicyclic) bond motifs is 2. The lowest BCUT2D eigenvalue weighted by Gasteiger charge is -2.30. The number of nitrogens with zero attached hydrogens (tertiary/aromatic N) is 2. The summed E-state index contributed by atoms with van der Waals surface area (Å²) in [6.07, 6.45) is 3.51. The van der Waals surface area contributed by atoms with E-state index in [1.165, 1.54) is 24.9 Å². The Bertz CT molecular complexity index is 446. The zero-order valence-corrected chi connectivity index (χ0v) is 11.9. The summed E-state index contributed by atoms with van der Waals surface area (Å²) in [6.45, 7) is 4.06. The number of aliphatic hydroxyl groups excluding tert-OH is 1. The maximum Gasteiger partial charge on any atom is 0.0781 e. The van der Waals surface area contributed by atoms with Crippen LogP contribution in [0.1, 0.15) is 37.9 Å². The predicted molar refractivity (Wildman–Crippen MR) is 78.5 cm³/mol. The lowest BCUT2D eigenvalue weighted by Crippen LogP contribution is -2.37. The van der Waals surface area contributed by atoms with E-state index in [-0.39, 0.29) is 0 Å². The fourth-order valence-corrected chi connectivity index (χ4v) is 3.66. The van der Waals surface area contributed by atoms with Gasteiger partial charge in [0.15, 0.2) is 0 Å². The third kappa shape index (κ3) is 2.37. The number of anilines is 1. The van der Waals surface area contributed by atoms with E-state index in [9.17, 15) is 5.11 Å². The summed E-state index contributed by atoms with van der Waals surface area (Å²) in [5, 5.41) is 9.95. The summed E-state index contributed by atoms with van der Waals surface area (Å²) in [5.41, 5.74) is 2.28. The molecule has 19 heavy (non-hydrogen) atoms. The lowest BCUT2D eigenvalue weighted by molar-refractivity contribution is 0.199. The average Bonchev–Trinajstić information content (AvgIpc) is 2.63. The van der Waals surface area contributed by atoms with Crippen molar-refractivity contribution in [1.29, 1.82) is 0 Å². The van der Waals surface area contributed by atoms with E-state index >= 15 is 0 Å². The first kappa shape index (κ1) is 12.9. The molecule has 1 aromatic carbocycles. The van der Waals surface area contributed by atoms with Gasteiger partial charge in [0, 0.05) is 36.4 Å². The van der Waals surface area contributed by atoms with Crippen molar-refractivity contribution >= 4 is 5.69 Å². The predicted octanol–water partition coefficient (Wildman–Crippen LogP) is 2.41. The van der Waals surface area contributed by atoms with Crippen LogP contribution in [0.4, 0.5) is 5.69 Å². The summed E-state index contributed by atoms with van der Waals surface area (Å²) < 4.78 is 0. The molecule has 0 spiro atoms. The Morgan fingerprint density at radius 3 is 2.68 bits per heavy atom. The van der Waals surface area contributed by atoms with Crippen molar-refractivity contribution in [3.05, 3.63) is 29.8 Å². The largest absolute Gasteiger partial charge is 0.389 e. The minimum Gasteiger partial charge on any atom is -0.389 e. The second-order valence-electron chi connectivity index (χ2n) is 6.02. The minimum atomic E-state index is -0.394. The summed E-state index contributed by atoms with van der Waals surface area (Å²) in [4.78, 5) is 5.04. The van der Waals surface area contributed by atoms with Crippen molar-refractivity contribution in [3.8, 4) is 0 Å². The molecule has 0 saturated carbocycles.